The minimum absolute atomic E-state index is 0.111. The molecule has 2 aromatic rings. The Kier molecular flexibility index (Phi) is 3.82. The predicted octanol–water partition coefficient (Wildman–Crippen LogP) is 2.80. The average Bonchev–Trinajstić information content (AvgIpc) is 3.21. The molecule has 24 heavy (non-hydrogen) atoms. The fraction of sp³-hybridized carbons (Fsp3) is 0.333. The zero-order chi connectivity index (χ0) is 16.5. The topological polar surface area (TPSA) is 76.2 Å². The Hall–Kier alpha value is -2.60. The van der Waals surface area contributed by atoms with Crippen LogP contribution in [0, 0.1) is 0 Å². The molecule has 6 heteroatoms. The van der Waals surface area contributed by atoms with Gasteiger partial charge in [-0.05, 0) is 37.1 Å². The first-order chi connectivity index (χ1) is 11.7. The number of nitrogens with zero attached hydrogens (tertiary/aromatic N) is 1. The van der Waals surface area contributed by atoms with Crippen molar-refractivity contribution in [2.24, 2.45) is 0 Å². The van der Waals surface area contributed by atoms with E-state index in [9.17, 15) is 4.79 Å². The van der Waals surface area contributed by atoms with Crippen molar-refractivity contribution in [2.75, 3.05) is 25.6 Å². The van der Waals surface area contributed by atoms with Crippen LogP contribution in [-0.2, 0) is 9.53 Å². The Morgan fingerprint density at radius 2 is 2.17 bits per heavy atom. The second-order valence-electron chi connectivity index (χ2n) is 6.03. The SMILES string of the molecule is COc1ccc2c(c1)/C(=C/c1cnc(C3CCOCC3)[nH]1)C(=O)N2. The van der Waals surface area contributed by atoms with Gasteiger partial charge in [-0.1, -0.05) is 0 Å². The number of aromatic amines is 1. The maximum absolute atomic E-state index is 12.3. The zero-order valence-corrected chi connectivity index (χ0v) is 13.5. The molecule has 6 nitrogen and oxygen atoms in total. The number of imidazole rings is 1. The summed E-state index contributed by atoms with van der Waals surface area (Å²) in [6.45, 7) is 1.55. The standard InChI is InChI=1S/C18H19N3O3/c1-23-13-2-3-16-14(9-13)15(18(22)21-16)8-12-10-19-17(20-12)11-4-6-24-7-5-11/h2-3,8-11H,4-7H2,1H3,(H,19,20)(H,21,22)/b15-8-. The monoisotopic (exact) mass is 325 g/mol. The van der Waals surface area contributed by atoms with E-state index in [1.165, 1.54) is 0 Å². The highest BCUT2D eigenvalue weighted by Gasteiger charge is 2.25. The number of hydrogen-bond donors (Lipinski definition) is 2. The fourth-order valence-corrected chi connectivity index (χ4v) is 3.20. The molecule has 124 valence electrons. The van der Waals surface area contributed by atoms with Gasteiger partial charge >= 0.3 is 0 Å². The summed E-state index contributed by atoms with van der Waals surface area (Å²) in [5, 5.41) is 2.88. The lowest BCUT2D eigenvalue weighted by molar-refractivity contribution is -0.110. The summed E-state index contributed by atoms with van der Waals surface area (Å²) in [7, 11) is 1.62. The Bertz CT molecular complexity index is 804. The van der Waals surface area contributed by atoms with Crippen LogP contribution < -0.4 is 10.1 Å². The predicted molar refractivity (Wildman–Crippen MR) is 90.9 cm³/mol. The van der Waals surface area contributed by atoms with E-state index in [2.05, 4.69) is 15.3 Å². The van der Waals surface area contributed by atoms with Crippen molar-refractivity contribution in [1.29, 1.82) is 0 Å². The second-order valence-corrected chi connectivity index (χ2v) is 6.03. The molecule has 2 aliphatic heterocycles. The lowest BCUT2D eigenvalue weighted by Crippen LogP contribution is -2.15. The van der Waals surface area contributed by atoms with E-state index in [4.69, 9.17) is 9.47 Å². The summed E-state index contributed by atoms with van der Waals surface area (Å²) in [5.41, 5.74) is 3.10. The summed E-state index contributed by atoms with van der Waals surface area (Å²) < 4.78 is 10.7. The highest BCUT2D eigenvalue weighted by atomic mass is 16.5. The maximum atomic E-state index is 12.3. The fourth-order valence-electron chi connectivity index (χ4n) is 3.20. The van der Waals surface area contributed by atoms with Crippen molar-refractivity contribution in [2.45, 2.75) is 18.8 Å². The molecular formula is C18H19N3O3. The number of H-pyrrole nitrogens is 1. The Labute approximate surface area is 139 Å². The van der Waals surface area contributed by atoms with Crippen molar-refractivity contribution >= 4 is 23.2 Å². The zero-order valence-electron chi connectivity index (χ0n) is 13.5. The van der Waals surface area contributed by atoms with Gasteiger partial charge in [-0.2, -0.15) is 0 Å². The Morgan fingerprint density at radius 3 is 2.96 bits per heavy atom. The van der Waals surface area contributed by atoms with Gasteiger partial charge in [0.2, 0.25) is 0 Å². The van der Waals surface area contributed by atoms with E-state index in [1.807, 2.05) is 24.3 Å². The van der Waals surface area contributed by atoms with Crippen LogP contribution in [0.15, 0.2) is 24.4 Å². The highest BCUT2D eigenvalue weighted by Crippen LogP contribution is 2.35. The summed E-state index contributed by atoms with van der Waals surface area (Å²) in [6, 6.07) is 5.56. The van der Waals surface area contributed by atoms with E-state index in [1.54, 1.807) is 13.3 Å². The van der Waals surface area contributed by atoms with Gasteiger partial charge in [-0.3, -0.25) is 4.79 Å². The van der Waals surface area contributed by atoms with Crippen LogP contribution in [0.3, 0.4) is 0 Å². The number of anilines is 1. The first-order valence-electron chi connectivity index (χ1n) is 8.08. The smallest absolute Gasteiger partial charge is 0.256 e. The highest BCUT2D eigenvalue weighted by molar-refractivity contribution is 6.34. The van der Waals surface area contributed by atoms with E-state index >= 15 is 0 Å². The van der Waals surface area contributed by atoms with Gasteiger partial charge < -0.3 is 19.8 Å². The van der Waals surface area contributed by atoms with Gasteiger partial charge in [0, 0.05) is 30.4 Å². The number of fused-ring (bicyclic) bond motifs is 1. The third-order valence-corrected chi connectivity index (χ3v) is 4.53. The minimum Gasteiger partial charge on any atom is -0.497 e. The van der Waals surface area contributed by atoms with Gasteiger partial charge in [-0.25, -0.2) is 4.98 Å². The van der Waals surface area contributed by atoms with Crippen molar-refractivity contribution in [1.82, 2.24) is 9.97 Å². The normalized spacial score (nSPS) is 19.4. The molecule has 0 atom stereocenters. The minimum atomic E-state index is -0.111. The molecule has 0 bridgehead atoms. The summed E-state index contributed by atoms with van der Waals surface area (Å²) in [5.74, 6) is 1.98. The second kappa shape index (κ2) is 6.13. The lowest BCUT2D eigenvalue weighted by Gasteiger charge is -2.19. The molecule has 0 saturated carbocycles. The Balaban J connectivity index is 1.64. The van der Waals surface area contributed by atoms with Crippen LogP contribution in [0.4, 0.5) is 5.69 Å². The average molecular weight is 325 g/mol. The summed E-state index contributed by atoms with van der Waals surface area (Å²) in [4.78, 5) is 20.1. The molecular weight excluding hydrogens is 306 g/mol. The van der Waals surface area contributed by atoms with Crippen LogP contribution in [-0.4, -0.2) is 36.2 Å². The van der Waals surface area contributed by atoms with Crippen LogP contribution in [0.1, 0.15) is 35.8 Å². The number of carbonyl (C=O) groups excluding carboxylic acids is 1. The van der Waals surface area contributed by atoms with E-state index < -0.39 is 0 Å². The van der Waals surface area contributed by atoms with Gasteiger partial charge in [0.05, 0.1) is 24.6 Å². The van der Waals surface area contributed by atoms with Gasteiger partial charge in [0.1, 0.15) is 11.6 Å². The quantitative estimate of drug-likeness (QED) is 0.851. The third-order valence-electron chi connectivity index (χ3n) is 4.53. The summed E-state index contributed by atoms with van der Waals surface area (Å²) in [6.07, 6.45) is 5.58. The molecule has 0 radical (unpaired) electrons. The third kappa shape index (κ3) is 2.69. The molecule has 0 unspecified atom stereocenters. The molecule has 0 spiro atoms. The number of benzene rings is 1. The molecule has 1 aromatic carbocycles. The molecule has 1 aromatic heterocycles. The Morgan fingerprint density at radius 1 is 1.33 bits per heavy atom. The molecule has 2 aliphatic rings. The van der Waals surface area contributed by atoms with Crippen molar-refractivity contribution in [3.63, 3.8) is 0 Å². The number of ether oxygens (including phenoxy) is 2. The number of nitrogens with one attached hydrogen (secondary N) is 2. The van der Waals surface area contributed by atoms with Gasteiger partial charge in [0.15, 0.2) is 0 Å². The van der Waals surface area contributed by atoms with Crippen LogP contribution in [0.5, 0.6) is 5.75 Å². The molecule has 0 aliphatic carbocycles. The van der Waals surface area contributed by atoms with Gasteiger partial charge in [0.25, 0.3) is 5.91 Å². The lowest BCUT2D eigenvalue weighted by atomic mass is 10.00. The van der Waals surface area contributed by atoms with Crippen molar-refractivity contribution in [3.8, 4) is 5.75 Å². The maximum Gasteiger partial charge on any atom is 0.256 e. The van der Waals surface area contributed by atoms with Crippen molar-refractivity contribution < 1.29 is 14.3 Å². The number of rotatable bonds is 3. The largest absolute Gasteiger partial charge is 0.497 e. The molecule has 1 amide bonds. The van der Waals surface area contributed by atoms with E-state index in [0.29, 0.717) is 11.5 Å². The number of methoxy groups -OCH3 is 1. The molecule has 1 saturated heterocycles. The van der Waals surface area contributed by atoms with Crippen molar-refractivity contribution in [3.05, 3.63) is 41.5 Å². The van der Waals surface area contributed by atoms with E-state index in [0.717, 1.165) is 54.6 Å². The van der Waals surface area contributed by atoms with E-state index in [-0.39, 0.29) is 5.91 Å². The summed E-state index contributed by atoms with van der Waals surface area (Å²) >= 11 is 0. The van der Waals surface area contributed by atoms with Crippen LogP contribution in [0.25, 0.3) is 11.6 Å². The molecule has 1 fully saturated rings. The molecule has 2 N–H and O–H groups in total. The number of aromatic nitrogens is 2. The number of amides is 1. The first kappa shape index (κ1) is 15.0. The molecule has 3 heterocycles. The van der Waals surface area contributed by atoms with Gasteiger partial charge in [-0.15, -0.1) is 0 Å². The number of carbonyl (C=O) groups is 1. The number of hydrogen-bond acceptors (Lipinski definition) is 4. The van der Waals surface area contributed by atoms with Crippen LogP contribution >= 0.6 is 0 Å². The molecule has 4 rings (SSSR count). The van der Waals surface area contributed by atoms with Crippen LogP contribution in [0.2, 0.25) is 0 Å². The first-order valence-corrected chi connectivity index (χ1v) is 8.08.